The summed E-state index contributed by atoms with van der Waals surface area (Å²) in [5, 5.41) is 9.15. The largest absolute Gasteiger partial charge is 0.492 e. The maximum Gasteiger partial charge on any atom is 0.417 e. The lowest BCUT2D eigenvalue weighted by Gasteiger charge is -2.30. The number of halogens is 3. The monoisotopic (exact) mass is 631 g/mol. The molecule has 0 spiro atoms. The molecule has 0 amide bonds. The Morgan fingerprint density at radius 3 is 2.32 bits per heavy atom. The maximum absolute atomic E-state index is 14.2. The highest BCUT2D eigenvalue weighted by molar-refractivity contribution is 7.88. The third-order valence-electron chi connectivity index (χ3n) is 8.54. The first-order valence-electron chi connectivity index (χ1n) is 14.5. The van der Waals surface area contributed by atoms with Crippen LogP contribution in [0.4, 0.5) is 13.2 Å². The van der Waals surface area contributed by atoms with E-state index in [1.54, 1.807) is 42.5 Å². The van der Waals surface area contributed by atoms with E-state index in [1.807, 2.05) is 0 Å². The molecule has 1 unspecified atom stereocenters. The summed E-state index contributed by atoms with van der Waals surface area (Å²) in [6, 6.07) is 14.4. The molecular formula is C32H32F3NO7S. The second-order valence-corrected chi connectivity index (χ2v) is 13.5. The van der Waals surface area contributed by atoms with Crippen molar-refractivity contribution in [3.8, 4) is 28.4 Å². The topological polar surface area (TPSA) is 102 Å². The number of sulfonamides is 1. The Morgan fingerprint density at radius 1 is 0.977 bits per heavy atom. The van der Waals surface area contributed by atoms with Crippen molar-refractivity contribution in [2.45, 2.75) is 56.4 Å². The van der Waals surface area contributed by atoms with Crippen molar-refractivity contribution in [3.05, 3.63) is 76.9 Å². The smallest absolute Gasteiger partial charge is 0.417 e. The lowest BCUT2D eigenvalue weighted by Crippen LogP contribution is -2.41. The zero-order valence-electron chi connectivity index (χ0n) is 24.0. The summed E-state index contributed by atoms with van der Waals surface area (Å²) in [5.41, 5.74) is 1.92. The van der Waals surface area contributed by atoms with Crippen molar-refractivity contribution >= 4 is 16.0 Å². The number of hydrogen-bond donors (Lipinski definition) is 1. The van der Waals surface area contributed by atoms with Crippen molar-refractivity contribution in [2.75, 3.05) is 26.0 Å². The van der Waals surface area contributed by atoms with Crippen LogP contribution >= 0.6 is 0 Å². The molecule has 3 aromatic carbocycles. The van der Waals surface area contributed by atoms with Crippen LogP contribution in [0.25, 0.3) is 11.1 Å². The Balaban J connectivity index is 1.22. The number of nitrogens with zero attached hydrogens (tertiary/aromatic N) is 1. The first-order chi connectivity index (χ1) is 20.9. The first-order valence-corrected chi connectivity index (χ1v) is 16.3. The minimum Gasteiger partial charge on any atom is -0.492 e. The number of ether oxygens (including phenoxy) is 3. The molecule has 1 aliphatic carbocycles. The van der Waals surface area contributed by atoms with E-state index in [2.05, 4.69) is 0 Å². The van der Waals surface area contributed by atoms with Crippen molar-refractivity contribution in [1.29, 1.82) is 0 Å². The van der Waals surface area contributed by atoms with Crippen molar-refractivity contribution < 1.29 is 45.7 Å². The molecule has 2 heterocycles. The van der Waals surface area contributed by atoms with Gasteiger partial charge in [-0.3, -0.25) is 4.79 Å². The highest BCUT2D eigenvalue weighted by Crippen LogP contribution is 2.47. The van der Waals surface area contributed by atoms with Gasteiger partial charge in [0.05, 0.1) is 24.8 Å². The quantitative estimate of drug-likeness (QED) is 0.316. The second kappa shape index (κ2) is 11.6. The number of fused-ring (bicyclic) bond motifs is 2. The summed E-state index contributed by atoms with van der Waals surface area (Å²) in [5.74, 6) is 0.430. The van der Waals surface area contributed by atoms with Crippen LogP contribution in [-0.4, -0.2) is 55.9 Å². The van der Waals surface area contributed by atoms with Gasteiger partial charge in [0, 0.05) is 30.6 Å². The first kappa shape index (κ1) is 30.3. The van der Waals surface area contributed by atoms with E-state index >= 15 is 0 Å². The van der Waals surface area contributed by atoms with Gasteiger partial charge in [0.1, 0.15) is 29.5 Å². The molecule has 3 aliphatic rings. The van der Waals surface area contributed by atoms with Crippen LogP contribution in [0.5, 0.6) is 17.2 Å². The SMILES string of the molecule is CS(=O)(=O)N1CCC(Oc2ccc(-c3c(C(F)(F)F)ccc4c3CC[C@H]4Oc3ccc4c(c3)OCC4CC(=O)O)cc2)CC1. The van der Waals surface area contributed by atoms with E-state index in [1.165, 1.54) is 16.6 Å². The van der Waals surface area contributed by atoms with Gasteiger partial charge < -0.3 is 19.3 Å². The number of hydrogen-bond acceptors (Lipinski definition) is 6. The molecule has 8 nitrogen and oxygen atoms in total. The standard InChI is InChI=1S/C32H32F3NO7S/c1-44(39,40)36-14-12-22(13-15-36)42-21-4-2-19(3-5-21)31-26-9-11-28(25(26)8-10-27(31)32(33,34)35)43-23-6-7-24-20(16-30(37)38)18-41-29(24)17-23/h2-8,10,17,20,22,28H,9,11-16,18H2,1H3,(H,37,38)/t20?,28-/m1/s1. The van der Waals surface area contributed by atoms with Gasteiger partial charge in [-0.15, -0.1) is 0 Å². The predicted octanol–water partition coefficient (Wildman–Crippen LogP) is 6.19. The van der Waals surface area contributed by atoms with Crippen molar-refractivity contribution in [2.24, 2.45) is 0 Å². The Bertz CT molecular complexity index is 1670. The molecule has 2 aliphatic heterocycles. The Morgan fingerprint density at radius 2 is 1.66 bits per heavy atom. The van der Waals surface area contributed by atoms with E-state index in [9.17, 15) is 26.4 Å². The Hall–Kier alpha value is -3.77. The second-order valence-electron chi connectivity index (χ2n) is 11.5. The number of alkyl halides is 3. The lowest BCUT2D eigenvalue weighted by atomic mass is 9.91. The fourth-order valence-corrected chi connectivity index (χ4v) is 7.28. The van der Waals surface area contributed by atoms with Gasteiger partial charge in [0.15, 0.2) is 0 Å². The molecule has 0 bridgehead atoms. The third-order valence-corrected chi connectivity index (χ3v) is 9.84. The van der Waals surface area contributed by atoms with Gasteiger partial charge in [0.2, 0.25) is 10.0 Å². The minimum atomic E-state index is -4.56. The number of carboxylic acid groups (broad SMARTS) is 1. The average Bonchev–Trinajstić information content (AvgIpc) is 3.55. The van der Waals surface area contributed by atoms with Crippen LogP contribution < -0.4 is 14.2 Å². The Labute approximate surface area is 253 Å². The highest BCUT2D eigenvalue weighted by atomic mass is 32.2. The fourth-order valence-electron chi connectivity index (χ4n) is 6.40. The number of piperidine rings is 1. The van der Waals surface area contributed by atoms with Gasteiger partial charge in [-0.25, -0.2) is 12.7 Å². The summed E-state index contributed by atoms with van der Waals surface area (Å²) >= 11 is 0. The number of aliphatic carboxylic acids is 1. The molecule has 1 N–H and O–H groups in total. The highest BCUT2D eigenvalue weighted by Gasteiger charge is 2.38. The van der Waals surface area contributed by atoms with Crippen LogP contribution in [0.1, 0.15) is 60.0 Å². The molecule has 2 atom stereocenters. The number of benzene rings is 3. The molecule has 1 saturated heterocycles. The van der Waals surface area contributed by atoms with Crippen molar-refractivity contribution in [3.63, 3.8) is 0 Å². The number of carboxylic acids is 1. The summed E-state index contributed by atoms with van der Waals surface area (Å²) in [7, 11) is -3.26. The van der Waals surface area contributed by atoms with E-state index in [4.69, 9.17) is 19.3 Å². The molecule has 0 aromatic heterocycles. The summed E-state index contributed by atoms with van der Waals surface area (Å²) in [6.07, 6.45) is -2.10. The van der Waals surface area contributed by atoms with E-state index < -0.39 is 33.8 Å². The van der Waals surface area contributed by atoms with Crippen LogP contribution in [0.3, 0.4) is 0 Å². The summed E-state index contributed by atoms with van der Waals surface area (Å²) < 4.78 is 85.6. The lowest BCUT2D eigenvalue weighted by molar-refractivity contribution is -0.138. The summed E-state index contributed by atoms with van der Waals surface area (Å²) in [4.78, 5) is 11.2. The zero-order valence-corrected chi connectivity index (χ0v) is 24.8. The van der Waals surface area contributed by atoms with Gasteiger partial charge in [0.25, 0.3) is 0 Å². The Kier molecular flexibility index (Phi) is 8.00. The van der Waals surface area contributed by atoms with Gasteiger partial charge in [-0.05, 0) is 72.2 Å². The predicted molar refractivity (Wildman–Crippen MR) is 156 cm³/mol. The molecule has 44 heavy (non-hydrogen) atoms. The molecule has 0 saturated carbocycles. The minimum absolute atomic E-state index is 0.0364. The normalized spacial score (nSPS) is 20.5. The van der Waals surface area contributed by atoms with E-state index in [0.717, 1.165) is 11.6 Å². The zero-order chi connectivity index (χ0) is 31.2. The number of carbonyl (C=O) groups is 1. The molecule has 1 fully saturated rings. The van der Waals surface area contributed by atoms with E-state index in [-0.39, 0.29) is 30.6 Å². The van der Waals surface area contributed by atoms with Gasteiger partial charge >= 0.3 is 12.1 Å². The average molecular weight is 632 g/mol. The molecule has 6 rings (SSSR count). The molecule has 12 heteroatoms. The molecule has 234 valence electrons. The van der Waals surface area contributed by atoms with Crippen LogP contribution in [-0.2, 0) is 27.4 Å². The van der Waals surface area contributed by atoms with Crippen LogP contribution in [0.2, 0.25) is 0 Å². The van der Waals surface area contributed by atoms with Crippen molar-refractivity contribution in [1.82, 2.24) is 4.31 Å². The van der Waals surface area contributed by atoms with E-state index in [0.29, 0.717) is 72.7 Å². The third kappa shape index (κ3) is 6.23. The van der Waals surface area contributed by atoms with Crippen LogP contribution in [0, 0.1) is 0 Å². The molecule has 0 radical (unpaired) electrons. The van der Waals surface area contributed by atoms with Crippen LogP contribution in [0.15, 0.2) is 54.6 Å². The molecule has 3 aromatic rings. The number of rotatable bonds is 8. The van der Waals surface area contributed by atoms with Gasteiger partial charge in [-0.1, -0.05) is 24.3 Å². The molecular weight excluding hydrogens is 599 g/mol. The van der Waals surface area contributed by atoms with Gasteiger partial charge in [-0.2, -0.15) is 13.2 Å². The maximum atomic E-state index is 14.2. The summed E-state index contributed by atoms with van der Waals surface area (Å²) in [6.45, 7) is 0.993. The fraction of sp³-hybridized carbons (Fsp3) is 0.406.